The largest absolute Gasteiger partial charge is 0.480 e. The average molecular weight is 722 g/mol. The zero-order chi connectivity index (χ0) is 35.9. The highest BCUT2D eigenvalue weighted by molar-refractivity contribution is 8.76. The van der Waals surface area contributed by atoms with Crippen molar-refractivity contribution in [3.8, 4) is 0 Å². The number of hydrogen-bond acceptors (Lipinski definition) is 13. The Morgan fingerprint density at radius 3 is 1.50 bits per heavy atom. The summed E-state index contributed by atoms with van der Waals surface area (Å²) in [5.41, 5.74) is 10.9. The number of carboxylic acids is 2. The summed E-state index contributed by atoms with van der Waals surface area (Å²) in [6.45, 7) is 1.36. The number of aliphatic carboxylic acids is 2. The quantitative estimate of drug-likeness (QED) is 0.0957. The first-order valence-corrected chi connectivity index (χ1v) is 17.9. The molecule has 1 fully saturated rings. The van der Waals surface area contributed by atoms with Gasteiger partial charge < -0.3 is 58.9 Å². The van der Waals surface area contributed by atoms with Crippen LogP contribution in [-0.4, -0.2) is 133 Å². The van der Waals surface area contributed by atoms with Crippen LogP contribution in [0.2, 0.25) is 0 Å². The van der Waals surface area contributed by atoms with Crippen LogP contribution in [0.1, 0.15) is 44.9 Å². The van der Waals surface area contributed by atoms with E-state index in [9.17, 15) is 38.4 Å². The normalized spacial score (nSPS) is 21.5. The lowest BCUT2D eigenvalue weighted by molar-refractivity contribution is -0.140. The third-order valence-corrected chi connectivity index (χ3v) is 9.08. The summed E-state index contributed by atoms with van der Waals surface area (Å²) in [4.78, 5) is 97.4. The lowest BCUT2D eigenvalue weighted by Crippen LogP contribution is -2.51. The SMILES string of the molecule is N[C@@H](CCC(=O)N[C@H]1CSSC[C@@H](NC(=O)CC[C@H](N)C(=O)O)C(=O)NCC(=O)NCCCNCCCCNC(=O)CNC1=O)C(=O)O. The van der Waals surface area contributed by atoms with Gasteiger partial charge in [-0.05, 0) is 45.2 Å². The zero-order valence-corrected chi connectivity index (χ0v) is 28.2. The predicted octanol–water partition coefficient (Wildman–Crippen LogP) is -4.04. The molecule has 0 aromatic heterocycles. The van der Waals surface area contributed by atoms with Crippen molar-refractivity contribution in [2.75, 3.05) is 50.8 Å². The van der Waals surface area contributed by atoms with Gasteiger partial charge in [0.05, 0.1) is 13.1 Å². The molecule has 1 aliphatic rings. The highest BCUT2D eigenvalue weighted by atomic mass is 33.1. The summed E-state index contributed by atoms with van der Waals surface area (Å²) >= 11 is 0. The minimum absolute atomic E-state index is 0.0556. The molecule has 0 aromatic carbocycles. The van der Waals surface area contributed by atoms with Crippen molar-refractivity contribution in [2.45, 2.75) is 69.1 Å². The monoisotopic (exact) mass is 721 g/mol. The molecule has 21 heteroatoms. The van der Waals surface area contributed by atoms with E-state index in [-0.39, 0.29) is 50.3 Å². The lowest BCUT2D eigenvalue weighted by Gasteiger charge is -2.20. The molecule has 1 saturated heterocycles. The predicted molar refractivity (Wildman–Crippen MR) is 177 cm³/mol. The smallest absolute Gasteiger partial charge is 0.320 e. The van der Waals surface area contributed by atoms with Crippen molar-refractivity contribution >= 4 is 69.0 Å². The number of hydrogen-bond donors (Lipinski definition) is 11. The van der Waals surface area contributed by atoms with Gasteiger partial charge in [0.2, 0.25) is 35.4 Å². The Morgan fingerprint density at radius 1 is 0.667 bits per heavy atom. The number of carboxylic acid groups (broad SMARTS) is 2. The second-order valence-corrected chi connectivity index (χ2v) is 13.3. The maximum Gasteiger partial charge on any atom is 0.320 e. The second-order valence-electron chi connectivity index (χ2n) is 10.7. The number of nitrogens with two attached hydrogens (primary N) is 2. The molecule has 0 aliphatic carbocycles. The summed E-state index contributed by atoms with van der Waals surface area (Å²) in [7, 11) is 2.12. The topological polar surface area (TPSA) is 313 Å². The maximum absolute atomic E-state index is 13.0. The van der Waals surface area contributed by atoms with Gasteiger partial charge in [0.25, 0.3) is 0 Å². The molecule has 1 aliphatic heterocycles. The van der Waals surface area contributed by atoms with Crippen molar-refractivity contribution in [1.29, 1.82) is 0 Å². The molecule has 0 aromatic rings. The fourth-order valence-corrected chi connectivity index (χ4v) is 6.15. The van der Waals surface area contributed by atoms with Crippen molar-refractivity contribution in [1.82, 2.24) is 37.2 Å². The van der Waals surface area contributed by atoms with Crippen molar-refractivity contribution in [3.05, 3.63) is 0 Å². The third-order valence-electron chi connectivity index (χ3n) is 6.66. The van der Waals surface area contributed by atoms with E-state index in [1.165, 1.54) is 0 Å². The van der Waals surface area contributed by atoms with E-state index in [0.717, 1.165) is 28.0 Å². The summed E-state index contributed by atoms with van der Waals surface area (Å²) in [5, 5.41) is 36.5. The fourth-order valence-electron chi connectivity index (χ4n) is 3.83. The Bertz CT molecular complexity index is 1030. The Hall–Kier alpha value is -3.66. The van der Waals surface area contributed by atoms with E-state index < -0.39 is 71.5 Å². The van der Waals surface area contributed by atoms with Gasteiger partial charge in [-0.25, -0.2) is 0 Å². The van der Waals surface area contributed by atoms with Gasteiger partial charge in [-0.15, -0.1) is 0 Å². The minimum Gasteiger partial charge on any atom is -0.480 e. The van der Waals surface area contributed by atoms with Crippen LogP contribution < -0.4 is 48.7 Å². The van der Waals surface area contributed by atoms with Gasteiger partial charge in [-0.3, -0.25) is 38.4 Å². The fraction of sp³-hybridized carbons (Fsp3) is 0.704. The summed E-state index contributed by atoms with van der Waals surface area (Å²) in [6, 6.07) is -4.89. The molecule has 4 atom stereocenters. The number of carbonyl (C=O) groups is 8. The molecule has 272 valence electrons. The van der Waals surface area contributed by atoms with E-state index in [0.29, 0.717) is 39.0 Å². The minimum atomic E-state index is -1.29. The van der Waals surface area contributed by atoms with Crippen LogP contribution in [0, 0.1) is 0 Å². The molecule has 0 bridgehead atoms. The van der Waals surface area contributed by atoms with Crippen LogP contribution in [0.3, 0.4) is 0 Å². The van der Waals surface area contributed by atoms with E-state index in [2.05, 4.69) is 37.2 Å². The van der Waals surface area contributed by atoms with Crippen LogP contribution in [0.5, 0.6) is 0 Å². The first-order chi connectivity index (χ1) is 22.8. The van der Waals surface area contributed by atoms with Gasteiger partial charge in [0.15, 0.2) is 0 Å². The summed E-state index contributed by atoms with van der Waals surface area (Å²) in [6.07, 6.45) is 1.17. The van der Waals surface area contributed by atoms with E-state index in [4.69, 9.17) is 21.7 Å². The first kappa shape index (κ1) is 42.4. The van der Waals surface area contributed by atoms with Gasteiger partial charge in [-0.2, -0.15) is 0 Å². The van der Waals surface area contributed by atoms with E-state index in [1.54, 1.807) is 0 Å². The molecule has 1 heterocycles. The van der Waals surface area contributed by atoms with Crippen molar-refractivity contribution in [2.24, 2.45) is 11.5 Å². The number of nitrogens with one attached hydrogen (secondary N) is 7. The second kappa shape index (κ2) is 24.5. The zero-order valence-electron chi connectivity index (χ0n) is 26.5. The number of amides is 6. The van der Waals surface area contributed by atoms with Crippen LogP contribution in [0.25, 0.3) is 0 Å². The van der Waals surface area contributed by atoms with E-state index in [1.807, 2.05) is 0 Å². The van der Waals surface area contributed by atoms with Gasteiger partial charge in [-0.1, -0.05) is 21.6 Å². The molecule has 48 heavy (non-hydrogen) atoms. The molecule has 19 nitrogen and oxygen atoms in total. The van der Waals surface area contributed by atoms with E-state index >= 15 is 0 Å². The molecule has 13 N–H and O–H groups in total. The molecule has 0 spiro atoms. The maximum atomic E-state index is 13.0. The Kier molecular flexibility index (Phi) is 21.6. The Morgan fingerprint density at radius 2 is 1.06 bits per heavy atom. The van der Waals surface area contributed by atoms with Gasteiger partial charge in [0, 0.05) is 37.4 Å². The molecular formula is C27H47N9O10S2. The standard InChI is InChI=1S/C27H47N9O10S2/c28-16(26(43)44)4-6-20(37)35-18-14-47-48-15-19(36-21(38)7-5-17(29)27(45)46)25(42)34-13-23(40)32-11-3-9-30-8-1-2-10-31-22(39)12-33-24(18)41/h16-19,30H,1-15,28-29H2,(H,31,39)(H,32,40)(H,33,41)(H,34,42)(H,35,37)(H,36,38)(H,43,44)(H,45,46)/t16-,17-,18-,19+/m0/s1. The van der Waals surface area contributed by atoms with Crippen LogP contribution in [0.4, 0.5) is 0 Å². The van der Waals surface area contributed by atoms with Gasteiger partial charge >= 0.3 is 11.9 Å². The molecule has 6 amide bonds. The lowest BCUT2D eigenvalue weighted by atomic mass is 10.1. The molecule has 1 rings (SSSR count). The number of carbonyl (C=O) groups excluding carboxylic acids is 6. The van der Waals surface area contributed by atoms with Crippen LogP contribution in [0.15, 0.2) is 0 Å². The summed E-state index contributed by atoms with van der Waals surface area (Å²) < 4.78 is 0. The van der Waals surface area contributed by atoms with Crippen LogP contribution >= 0.6 is 21.6 Å². The molecular weight excluding hydrogens is 674 g/mol. The molecule has 0 unspecified atom stereocenters. The third kappa shape index (κ3) is 19.9. The molecule has 0 saturated carbocycles. The Labute approximate surface area is 285 Å². The average Bonchev–Trinajstić information content (AvgIpc) is 3.04. The van der Waals surface area contributed by atoms with Crippen LogP contribution in [-0.2, 0) is 38.4 Å². The summed E-state index contributed by atoms with van der Waals surface area (Å²) in [5.74, 6) is -6.23. The van der Waals surface area contributed by atoms with Crippen molar-refractivity contribution in [3.63, 3.8) is 0 Å². The van der Waals surface area contributed by atoms with Crippen molar-refractivity contribution < 1.29 is 48.6 Å². The Balaban J connectivity index is 2.98. The first-order valence-electron chi connectivity index (χ1n) is 15.4. The number of rotatable bonds is 10. The highest BCUT2D eigenvalue weighted by Crippen LogP contribution is 2.23. The van der Waals surface area contributed by atoms with Gasteiger partial charge in [0.1, 0.15) is 24.2 Å². The molecule has 0 radical (unpaired) electrons. The highest BCUT2D eigenvalue weighted by Gasteiger charge is 2.25.